The molecule has 0 aromatic carbocycles. The molecule has 0 fully saturated rings. The minimum absolute atomic E-state index is 0.140. The van der Waals surface area contributed by atoms with Crippen LogP contribution >= 0.6 is 12.2 Å². The lowest BCUT2D eigenvalue weighted by atomic mass is 10.3. The van der Waals surface area contributed by atoms with Crippen LogP contribution < -0.4 is 5.32 Å². The molecule has 0 bridgehead atoms. The van der Waals surface area contributed by atoms with Crippen molar-refractivity contribution in [3.8, 4) is 0 Å². The Morgan fingerprint density at radius 1 is 1.55 bits per heavy atom. The number of hydrogen-bond donors (Lipinski definition) is 2. The number of hydrogen-bond acceptors (Lipinski definition) is 4. The molecule has 2 heterocycles. The van der Waals surface area contributed by atoms with Gasteiger partial charge in [-0.05, 0) is 37.2 Å². The lowest BCUT2D eigenvalue weighted by Gasteiger charge is -2.08. The number of aryl methyl sites for hydroxylation is 2. The summed E-state index contributed by atoms with van der Waals surface area (Å²) < 4.78 is 2.17. The van der Waals surface area contributed by atoms with Crippen molar-refractivity contribution < 1.29 is 4.79 Å². The Morgan fingerprint density at radius 3 is 3.05 bits per heavy atom. The summed E-state index contributed by atoms with van der Waals surface area (Å²) in [5.41, 5.74) is 0.922. The van der Waals surface area contributed by atoms with Crippen molar-refractivity contribution >= 4 is 23.9 Å². The SMILES string of the molecule is CCCc1n[nH]c(=S)n1CC(=O)Nc1ncccc1C. The van der Waals surface area contributed by atoms with E-state index >= 15 is 0 Å². The van der Waals surface area contributed by atoms with Gasteiger partial charge in [-0.15, -0.1) is 0 Å². The largest absolute Gasteiger partial charge is 0.309 e. The van der Waals surface area contributed by atoms with E-state index in [1.54, 1.807) is 10.8 Å². The number of amides is 1. The van der Waals surface area contributed by atoms with Gasteiger partial charge in [0, 0.05) is 12.6 Å². The van der Waals surface area contributed by atoms with Gasteiger partial charge in [0.05, 0.1) is 0 Å². The highest BCUT2D eigenvalue weighted by atomic mass is 32.1. The van der Waals surface area contributed by atoms with Crippen LogP contribution in [0, 0.1) is 11.7 Å². The van der Waals surface area contributed by atoms with E-state index < -0.39 is 0 Å². The number of nitrogens with one attached hydrogen (secondary N) is 2. The first-order chi connectivity index (χ1) is 9.61. The van der Waals surface area contributed by atoms with Gasteiger partial charge in [0.1, 0.15) is 18.2 Å². The van der Waals surface area contributed by atoms with Gasteiger partial charge in [-0.2, -0.15) is 5.10 Å². The van der Waals surface area contributed by atoms with Crippen LogP contribution in [-0.4, -0.2) is 25.7 Å². The zero-order chi connectivity index (χ0) is 14.5. The van der Waals surface area contributed by atoms with Gasteiger partial charge in [-0.25, -0.2) is 4.98 Å². The van der Waals surface area contributed by atoms with Crippen LogP contribution in [0.4, 0.5) is 5.82 Å². The first kappa shape index (κ1) is 14.4. The van der Waals surface area contributed by atoms with E-state index in [1.165, 1.54) is 0 Å². The zero-order valence-corrected chi connectivity index (χ0v) is 12.3. The van der Waals surface area contributed by atoms with Crippen molar-refractivity contribution in [3.63, 3.8) is 0 Å². The Balaban J connectivity index is 2.11. The molecule has 0 saturated heterocycles. The van der Waals surface area contributed by atoms with Crippen LogP contribution in [0.1, 0.15) is 24.7 Å². The van der Waals surface area contributed by atoms with Crippen molar-refractivity contribution in [2.75, 3.05) is 5.32 Å². The molecule has 7 heteroatoms. The third kappa shape index (κ3) is 3.30. The Bertz CT molecular complexity index is 661. The standard InChI is InChI=1S/C13H17N5OS/c1-3-5-10-16-17-13(20)18(10)8-11(19)15-12-9(2)6-4-7-14-12/h4,6-7H,3,5,8H2,1-2H3,(H,17,20)(H,14,15,19). The fourth-order valence-corrected chi connectivity index (χ4v) is 2.08. The highest BCUT2D eigenvalue weighted by Crippen LogP contribution is 2.09. The van der Waals surface area contributed by atoms with Crippen LogP contribution in [-0.2, 0) is 17.8 Å². The maximum absolute atomic E-state index is 12.1. The van der Waals surface area contributed by atoms with Crippen molar-refractivity contribution in [2.24, 2.45) is 0 Å². The van der Waals surface area contributed by atoms with E-state index in [9.17, 15) is 4.79 Å². The molecule has 0 atom stereocenters. The highest BCUT2D eigenvalue weighted by Gasteiger charge is 2.11. The molecule has 0 radical (unpaired) electrons. The van der Waals surface area contributed by atoms with E-state index in [0.717, 1.165) is 24.2 Å². The van der Waals surface area contributed by atoms with Crippen molar-refractivity contribution in [1.29, 1.82) is 0 Å². The molecule has 2 aromatic rings. The third-order valence-electron chi connectivity index (χ3n) is 2.88. The van der Waals surface area contributed by atoms with Crippen LogP contribution in [0.15, 0.2) is 18.3 Å². The van der Waals surface area contributed by atoms with Crippen LogP contribution in [0.25, 0.3) is 0 Å². The summed E-state index contributed by atoms with van der Waals surface area (Å²) in [4.78, 5) is 16.2. The second-order valence-corrected chi connectivity index (χ2v) is 4.88. The number of H-pyrrole nitrogens is 1. The predicted molar refractivity (Wildman–Crippen MR) is 79.0 cm³/mol. The number of aromatic amines is 1. The maximum atomic E-state index is 12.1. The molecule has 106 valence electrons. The lowest BCUT2D eigenvalue weighted by molar-refractivity contribution is -0.116. The molecule has 2 N–H and O–H groups in total. The quantitative estimate of drug-likeness (QED) is 0.828. The van der Waals surface area contributed by atoms with Crippen LogP contribution in [0.5, 0.6) is 0 Å². The highest BCUT2D eigenvalue weighted by molar-refractivity contribution is 7.71. The average molecular weight is 291 g/mol. The summed E-state index contributed by atoms with van der Waals surface area (Å²) in [6.07, 6.45) is 3.37. The molecule has 0 unspecified atom stereocenters. The molecule has 0 saturated carbocycles. The molecule has 0 aliphatic carbocycles. The Morgan fingerprint density at radius 2 is 2.35 bits per heavy atom. The molecule has 0 aliphatic rings. The molecule has 6 nitrogen and oxygen atoms in total. The number of aromatic nitrogens is 4. The summed E-state index contributed by atoms with van der Waals surface area (Å²) in [6.45, 7) is 4.09. The summed E-state index contributed by atoms with van der Waals surface area (Å²) in [5.74, 6) is 1.21. The molecule has 0 aliphatic heterocycles. The smallest absolute Gasteiger partial charge is 0.245 e. The molecule has 1 amide bonds. The summed E-state index contributed by atoms with van der Waals surface area (Å²) >= 11 is 5.15. The Kier molecular flexibility index (Phi) is 4.62. The molecular weight excluding hydrogens is 274 g/mol. The van der Waals surface area contributed by atoms with Gasteiger partial charge in [-0.1, -0.05) is 13.0 Å². The van der Waals surface area contributed by atoms with Crippen molar-refractivity contribution in [2.45, 2.75) is 33.2 Å². The minimum atomic E-state index is -0.165. The first-order valence-corrected chi connectivity index (χ1v) is 6.88. The monoisotopic (exact) mass is 291 g/mol. The van der Waals surface area contributed by atoms with Gasteiger partial charge in [0.15, 0.2) is 4.77 Å². The average Bonchev–Trinajstić information content (AvgIpc) is 2.75. The number of rotatable bonds is 5. The molecule has 20 heavy (non-hydrogen) atoms. The van der Waals surface area contributed by atoms with Gasteiger partial charge < -0.3 is 5.32 Å². The third-order valence-corrected chi connectivity index (χ3v) is 3.19. The number of pyridine rings is 1. The van der Waals surface area contributed by atoms with Crippen molar-refractivity contribution in [3.05, 3.63) is 34.5 Å². The second kappa shape index (κ2) is 6.42. The maximum Gasteiger partial charge on any atom is 0.245 e. The minimum Gasteiger partial charge on any atom is -0.309 e. The van der Waals surface area contributed by atoms with Gasteiger partial charge >= 0.3 is 0 Å². The van der Waals surface area contributed by atoms with Crippen LogP contribution in [0.2, 0.25) is 0 Å². The first-order valence-electron chi connectivity index (χ1n) is 6.47. The van der Waals surface area contributed by atoms with E-state index in [-0.39, 0.29) is 12.5 Å². The lowest BCUT2D eigenvalue weighted by Crippen LogP contribution is -2.21. The fourth-order valence-electron chi connectivity index (χ4n) is 1.86. The van der Waals surface area contributed by atoms with Gasteiger partial charge in [0.2, 0.25) is 5.91 Å². The molecule has 0 spiro atoms. The predicted octanol–water partition coefficient (Wildman–Crippen LogP) is 2.24. The summed E-state index contributed by atoms with van der Waals surface area (Å²) in [7, 11) is 0. The number of nitrogens with zero attached hydrogens (tertiary/aromatic N) is 3. The normalized spacial score (nSPS) is 10.5. The number of anilines is 1. The molecule has 2 aromatic heterocycles. The van der Waals surface area contributed by atoms with Crippen LogP contribution in [0.3, 0.4) is 0 Å². The topological polar surface area (TPSA) is 75.6 Å². The van der Waals surface area contributed by atoms with E-state index in [1.807, 2.05) is 19.1 Å². The molecule has 2 rings (SSSR count). The number of carbonyl (C=O) groups excluding carboxylic acids is 1. The summed E-state index contributed by atoms with van der Waals surface area (Å²) in [5, 5.41) is 9.64. The Hall–Kier alpha value is -2.02. The molecular formula is C13H17N5OS. The van der Waals surface area contributed by atoms with E-state index in [4.69, 9.17) is 12.2 Å². The Labute approximate surface area is 122 Å². The van der Waals surface area contributed by atoms with E-state index in [0.29, 0.717) is 10.6 Å². The number of carbonyl (C=O) groups is 1. The second-order valence-electron chi connectivity index (χ2n) is 4.50. The fraction of sp³-hybridized carbons (Fsp3) is 0.385. The van der Waals surface area contributed by atoms with E-state index in [2.05, 4.69) is 27.4 Å². The summed E-state index contributed by atoms with van der Waals surface area (Å²) in [6, 6.07) is 3.73. The van der Waals surface area contributed by atoms with Crippen molar-refractivity contribution in [1.82, 2.24) is 19.7 Å². The zero-order valence-electron chi connectivity index (χ0n) is 11.5. The van der Waals surface area contributed by atoms with Gasteiger partial charge in [0.25, 0.3) is 0 Å². The van der Waals surface area contributed by atoms with Gasteiger partial charge in [-0.3, -0.25) is 14.5 Å².